The molecule has 1 rings (SSSR count). The van der Waals surface area contributed by atoms with Gasteiger partial charge in [0.25, 0.3) is 0 Å². The van der Waals surface area contributed by atoms with Crippen LogP contribution in [0.5, 0.6) is 0 Å². The van der Waals surface area contributed by atoms with Crippen LogP contribution in [0.2, 0.25) is 0 Å². The standard InChI is InChI=1S/C12H19NO2S/c1-8-6-9(2)11(10(3)7-8)16(14,15)12(4,5)13/h6-7H,13H2,1-5H3. The molecule has 0 spiro atoms. The molecule has 3 nitrogen and oxygen atoms in total. The Kier molecular flexibility index (Phi) is 3.18. The van der Waals surface area contributed by atoms with E-state index in [1.807, 2.05) is 19.1 Å². The Balaban J connectivity index is 3.59. The minimum Gasteiger partial charge on any atom is -0.313 e. The lowest BCUT2D eigenvalue weighted by Crippen LogP contribution is -2.42. The molecule has 4 heteroatoms. The van der Waals surface area contributed by atoms with E-state index in [9.17, 15) is 8.42 Å². The van der Waals surface area contributed by atoms with E-state index in [-0.39, 0.29) is 0 Å². The zero-order valence-corrected chi connectivity index (χ0v) is 11.3. The first-order chi connectivity index (χ1) is 7.07. The van der Waals surface area contributed by atoms with Gasteiger partial charge in [0.05, 0.1) is 4.90 Å². The van der Waals surface area contributed by atoms with Crippen molar-refractivity contribution in [2.75, 3.05) is 0 Å². The second kappa shape index (κ2) is 3.86. The van der Waals surface area contributed by atoms with Crippen LogP contribution in [0.4, 0.5) is 0 Å². The Morgan fingerprint density at radius 1 is 1.06 bits per heavy atom. The number of benzene rings is 1. The molecule has 0 aliphatic carbocycles. The maximum absolute atomic E-state index is 12.3. The van der Waals surface area contributed by atoms with Crippen molar-refractivity contribution in [1.82, 2.24) is 0 Å². The largest absolute Gasteiger partial charge is 0.313 e. The van der Waals surface area contributed by atoms with Crippen molar-refractivity contribution >= 4 is 9.84 Å². The van der Waals surface area contributed by atoms with Crippen molar-refractivity contribution in [2.24, 2.45) is 5.73 Å². The molecule has 0 radical (unpaired) electrons. The van der Waals surface area contributed by atoms with Crippen molar-refractivity contribution < 1.29 is 8.42 Å². The summed E-state index contributed by atoms with van der Waals surface area (Å²) >= 11 is 0. The van der Waals surface area contributed by atoms with Gasteiger partial charge in [-0.3, -0.25) is 0 Å². The summed E-state index contributed by atoms with van der Waals surface area (Å²) in [4.78, 5) is -0.886. The van der Waals surface area contributed by atoms with E-state index in [1.165, 1.54) is 13.8 Å². The van der Waals surface area contributed by atoms with Crippen LogP contribution in [0.15, 0.2) is 17.0 Å². The Morgan fingerprint density at radius 3 is 1.75 bits per heavy atom. The number of rotatable bonds is 2. The summed E-state index contributed by atoms with van der Waals surface area (Å²) in [6.07, 6.45) is 0. The Morgan fingerprint density at radius 2 is 1.44 bits per heavy atom. The number of aryl methyl sites for hydroxylation is 3. The highest BCUT2D eigenvalue weighted by Crippen LogP contribution is 2.28. The van der Waals surface area contributed by atoms with Gasteiger partial charge < -0.3 is 5.73 Å². The zero-order valence-electron chi connectivity index (χ0n) is 10.5. The van der Waals surface area contributed by atoms with Crippen molar-refractivity contribution in [1.29, 1.82) is 0 Å². The monoisotopic (exact) mass is 241 g/mol. The van der Waals surface area contributed by atoms with Gasteiger partial charge in [-0.15, -0.1) is 0 Å². The SMILES string of the molecule is Cc1cc(C)c(S(=O)(=O)C(C)(C)N)c(C)c1. The fraction of sp³-hybridized carbons (Fsp3) is 0.500. The molecule has 0 bridgehead atoms. The molecule has 0 heterocycles. The van der Waals surface area contributed by atoms with Crippen LogP contribution in [-0.2, 0) is 9.84 Å². The van der Waals surface area contributed by atoms with Gasteiger partial charge in [-0.05, 0) is 45.7 Å². The molecule has 16 heavy (non-hydrogen) atoms. The lowest BCUT2D eigenvalue weighted by Gasteiger charge is -2.22. The quantitative estimate of drug-likeness (QED) is 0.862. The third kappa shape index (κ3) is 2.13. The molecule has 0 saturated heterocycles. The predicted octanol–water partition coefficient (Wildman–Crippen LogP) is 2.08. The van der Waals surface area contributed by atoms with Crippen LogP contribution >= 0.6 is 0 Å². The van der Waals surface area contributed by atoms with Gasteiger partial charge >= 0.3 is 0 Å². The van der Waals surface area contributed by atoms with Crippen LogP contribution < -0.4 is 5.73 Å². The summed E-state index contributed by atoms with van der Waals surface area (Å²) in [7, 11) is -3.48. The molecule has 0 saturated carbocycles. The van der Waals surface area contributed by atoms with E-state index >= 15 is 0 Å². The minimum atomic E-state index is -3.48. The van der Waals surface area contributed by atoms with Gasteiger partial charge in [-0.2, -0.15) is 0 Å². The van der Waals surface area contributed by atoms with Gasteiger partial charge in [-0.1, -0.05) is 17.7 Å². The molecule has 0 aliphatic rings. The molecule has 1 aromatic carbocycles. The summed E-state index contributed by atoms with van der Waals surface area (Å²) in [6, 6.07) is 3.73. The summed E-state index contributed by atoms with van der Waals surface area (Å²) in [5, 5.41) is 0. The molecule has 0 atom stereocenters. The fourth-order valence-corrected chi connectivity index (χ4v) is 3.35. The molecule has 0 fully saturated rings. The van der Waals surface area contributed by atoms with Crippen LogP contribution in [0.1, 0.15) is 30.5 Å². The number of nitrogens with two attached hydrogens (primary N) is 1. The van der Waals surface area contributed by atoms with Crippen LogP contribution in [0, 0.1) is 20.8 Å². The summed E-state index contributed by atoms with van der Waals surface area (Å²) in [5.74, 6) is 0. The first-order valence-electron chi connectivity index (χ1n) is 5.18. The molecule has 0 aliphatic heterocycles. The summed E-state index contributed by atoms with van der Waals surface area (Å²) in [5.41, 5.74) is 8.31. The van der Waals surface area contributed by atoms with Crippen molar-refractivity contribution in [3.05, 3.63) is 28.8 Å². The topological polar surface area (TPSA) is 60.2 Å². The van der Waals surface area contributed by atoms with Crippen LogP contribution in [0.3, 0.4) is 0 Å². The third-order valence-corrected chi connectivity index (χ3v) is 5.13. The van der Waals surface area contributed by atoms with E-state index in [1.54, 1.807) is 13.8 Å². The molecular formula is C12H19NO2S. The summed E-state index contributed by atoms with van der Waals surface area (Å²) in [6.45, 7) is 8.59. The highest BCUT2D eigenvalue weighted by Gasteiger charge is 2.33. The van der Waals surface area contributed by atoms with E-state index in [2.05, 4.69) is 0 Å². The molecule has 1 aromatic rings. The highest BCUT2D eigenvalue weighted by atomic mass is 32.2. The molecule has 0 unspecified atom stereocenters. The summed E-state index contributed by atoms with van der Waals surface area (Å²) < 4.78 is 24.6. The zero-order chi connectivity index (χ0) is 12.7. The second-order valence-corrected chi connectivity index (χ2v) is 7.30. The smallest absolute Gasteiger partial charge is 0.196 e. The maximum atomic E-state index is 12.3. The number of hydrogen-bond donors (Lipinski definition) is 1. The van der Waals surface area contributed by atoms with E-state index in [0.717, 1.165) is 16.7 Å². The minimum absolute atomic E-state index is 0.366. The average molecular weight is 241 g/mol. The van der Waals surface area contributed by atoms with Crippen molar-refractivity contribution in [3.63, 3.8) is 0 Å². The second-order valence-electron chi connectivity index (χ2n) is 4.83. The van der Waals surface area contributed by atoms with E-state index in [4.69, 9.17) is 5.73 Å². The lowest BCUT2D eigenvalue weighted by atomic mass is 10.1. The molecule has 0 aromatic heterocycles. The van der Waals surface area contributed by atoms with Crippen LogP contribution in [-0.4, -0.2) is 13.3 Å². The van der Waals surface area contributed by atoms with Gasteiger partial charge in [0.2, 0.25) is 0 Å². The first kappa shape index (κ1) is 13.2. The first-order valence-corrected chi connectivity index (χ1v) is 6.67. The Hall–Kier alpha value is -0.870. The average Bonchev–Trinajstić information content (AvgIpc) is 1.97. The normalized spacial score (nSPS) is 12.9. The molecular weight excluding hydrogens is 222 g/mol. The number of hydrogen-bond acceptors (Lipinski definition) is 3. The van der Waals surface area contributed by atoms with Crippen LogP contribution in [0.25, 0.3) is 0 Å². The van der Waals surface area contributed by atoms with Crippen molar-refractivity contribution in [3.8, 4) is 0 Å². The Labute approximate surface area is 97.6 Å². The van der Waals surface area contributed by atoms with Gasteiger partial charge in [0.15, 0.2) is 9.84 Å². The number of sulfone groups is 1. The Bertz CT molecular complexity index is 487. The van der Waals surface area contributed by atoms with Crippen molar-refractivity contribution in [2.45, 2.75) is 44.4 Å². The van der Waals surface area contributed by atoms with E-state index in [0.29, 0.717) is 4.90 Å². The van der Waals surface area contributed by atoms with Gasteiger partial charge in [0, 0.05) is 0 Å². The lowest BCUT2D eigenvalue weighted by molar-refractivity contribution is 0.551. The fourth-order valence-electron chi connectivity index (χ4n) is 1.85. The predicted molar refractivity (Wildman–Crippen MR) is 66.1 cm³/mol. The maximum Gasteiger partial charge on any atom is 0.196 e. The highest BCUT2D eigenvalue weighted by molar-refractivity contribution is 7.92. The van der Waals surface area contributed by atoms with Gasteiger partial charge in [0.1, 0.15) is 4.87 Å². The molecule has 2 N–H and O–H groups in total. The molecule has 90 valence electrons. The van der Waals surface area contributed by atoms with E-state index < -0.39 is 14.7 Å². The third-order valence-electron chi connectivity index (χ3n) is 2.57. The van der Waals surface area contributed by atoms with Gasteiger partial charge in [-0.25, -0.2) is 8.42 Å². The molecule has 0 amide bonds.